The first kappa shape index (κ1) is 22.3. The van der Waals surface area contributed by atoms with E-state index >= 15 is 0 Å². The number of fused-ring (bicyclic) bond motifs is 1. The molecule has 0 aliphatic carbocycles. The van der Waals surface area contributed by atoms with Crippen LogP contribution in [0.4, 0.5) is 0 Å². The number of hydrogen-bond acceptors (Lipinski definition) is 3. The summed E-state index contributed by atoms with van der Waals surface area (Å²) in [6, 6.07) is 30.0. The fourth-order valence-corrected chi connectivity index (χ4v) is 5.60. The van der Waals surface area contributed by atoms with Crippen LogP contribution in [-0.2, 0) is 6.61 Å². The molecule has 4 aromatic rings. The lowest BCUT2D eigenvalue weighted by molar-refractivity contribution is 0.303. The molecule has 0 aliphatic heterocycles. The number of benzene rings is 4. The average molecular weight is 638 g/mol. The third-order valence-corrected chi connectivity index (χ3v) is 6.61. The summed E-state index contributed by atoms with van der Waals surface area (Å²) < 4.78 is 8.18. The molecule has 0 heterocycles. The maximum atomic E-state index is 9.66. The Bertz CT molecular complexity index is 1400. The molecule has 0 bridgehead atoms. The average Bonchev–Trinajstić information content (AvgIpc) is 2.82. The van der Waals surface area contributed by atoms with E-state index < -0.39 is 0 Å². The van der Waals surface area contributed by atoms with Gasteiger partial charge in [-0.2, -0.15) is 10.5 Å². The minimum atomic E-state index is 0.479. The highest BCUT2D eigenvalue weighted by molar-refractivity contribution is 14.1. The number of allylic oxidation sites excluding steroid dienone is 1. The molecule has 0 atom stereocenters. The van der Waals surface area contributed by atoms with Gasteiger partial charge in [-0.3, -0.25) is 0 Å². The van der Waals surface area contributed by atoms with E-state index in [1.807, 2.05) is 36.4 Å². The first-order valence-corrected chi connectivity index (χ1v) is 12.0. The molecule has 0 saturated carbocycles. The molecule has 0 N–H and O–H groups in total. The van der Waals surface area contributed by atoms with E-state index in [9.17, 15) is 5.26 Å². The summed E-state index contributed by atoms with van der Waals surface area (Å²) in [6.07, 6.45) is 1.84. The van der Waals surface area contributed by atoms with Crippen LogP contribution in [0.2, 0.25) is 0 Å². The van der Waals surface area contributed by atoms with E-state index in [2.05, 4.69) is 87.7 Å². The van der Waals surface area contributed by atoms with Crippen molar-refractivity contribution in [3.63, 3.8) is 0 Å². The van der Waals surface area contributed by atoms with Gasteiger partial charge in [-0.15, -0.1) is 0 Å². The maximum absolute atomic E-state index is 9.66. The van der Waals surface area contributed by atoms with Gasteiger partial charge < -0.3 is 4.74 Å². The number of rotatable bonds is 5. The van der Waals surface area contributed by atoms with Gasteiger partial charge in [-0.25, -0.2) is 0 Å². The van der Waals surface area contributed by atoms with Crippen LogP contribution < -0.4 is 4.74 Å². The molecule has 32 heavy (non-hydrogen) atoms. The lowest BCUT2D eigenvalue weighted by Crippen LogP contribution is -2.00. The lowest BCUT2D eigenvalue weighted by atomic mass is 10.0. The zero-order valence-electron chi connectivity index (χ0n) is 16.8. The molecule has 0 aromatic heterocycles. The number of nitriles is 2. The number of hydrogen-bond donors (Lipinski definition) is 0. The Morgan fingerprint density at radius 3 is 2.34 bits per heavy atom. The normalized spacial score (nSPS) is 11.1. The molecule has 0 unspecified atom stereocenters. The van der Waals surface area contributed by atoms with Crippen molar-refractivity contribution in [3.05, 3.63) is 108 Å². The van der Waals surface area contributed by atoms with Crippen LogP contribution in [0.3, 0.4) is 0 Å². The summed E-state index contributed by atoms with van der Waals surface area (Å²) in [5, 5.41) is 21.2. The van der Waals surface area contributed by atoms with Crippen molar-refractivity contribution in [2.75, 3.05) is 0 Å². The van der Waals surface area contributed by atoms with Gasteiger partial charge in [0.2, 0.25) is 0 Å². The minimum absolute atomic E-state index is 0.479. The second-order valence-corrected chi connectivity index (χ2v) is 9.43. The molecule has 0 amide bonds. The van der Waals surface area contributed by atoms with Gasteiger partial charge in [-0.1, -0.05) is 54.6 Å². The molecule has 4 rings (SSSR count). The van der Waals surface area contributed by atoms with E-state index in [-0.39, 0.29) is 0 Å². The zero-order valence-corrected chi connectivity index (χ0v) is 21.2. The molecule has 0 aliphatic rings. The highest BCUT2D eigenvalue weighted by Crippen LogP contribution is 2.32. The van der Waals surface area contributed by atoms with Crippen molar-refractivity contribution in [1.29, 1.82) is 10.5 Å². The van der Waals surface area contributed by atoms with Crippen molar-refractivity contribution in [2.45, 2.75) is 6.61 Å². The third-order valence-electron chi connectivity index (χ3n) is 5.01. The molecule has 0 saturated heterocycles. The summed E-state index contributed by atoms with van der Waals surface area (Å²) in [6.45, 7) is 0.479. The Morgan fingerprint density at radius 1 is 0.875 bits per heavy atom. The van der Waals surface area contributed by atoms with Crippen LogP contribution in [0.25, 0.3) is 22.4 Å². The SMILES string of the molecule is N#C/C(=C/c1cc(I)c(OCc2cccc3ccccc23)c(I)c1)c1cccc(C#N)c1. The first-order chi connectivity index (χ1) is 15.6. The standard InChI is InChI=1S/C27H16I2N2O/c28-25-13-19(12-23(16-31)21-8-3-5-18(11-21)15-30)14-26(29)27(25)32-17-22-9-4-7-20-6-1-2-10-24(20)22/h1-14H,17H2/b23-12-. The van der Waals surface area contributed by atoms with Gasteiger partial charge in [0.1, 0.15) is 12.4 Å². The van der Waals surface area contributed by atoms with Crippen LogP contribution in [0.5, 0.6) is 5.75 Å². The maximum Gasteiger partial charge on any atom is 0.146 e. The first-order valence-electron chi connectivity index (χ1n) is 9.80. The summed E-state index contributed by atoms with van der Waals surface area (Å²) in [7, 11) is 0. The molecule has 0 fully saturated rings. The molecule has 154 valence electrons. The Kier molecular flexibility index (Phi) is 7.09. The molecule has 3 nitrogen and oxygen atoms in total. The summed E-state index contributed by atoms with van der Waals surface area (Å²) in [4.78, 5) is 0. The van der Waals surface area contributed by atoms with Crippen LogP contribution in [0.15, 0.2) is 78.9 Å². The fourth-order valence-electron chi connectivity index (χ4n) is 3.47. The largest absolute Gasteiger partial charge is 0.487 e. The van der Waals surface area contributed by atoms with Gasteiger partial charge in [-0.05, 0) is 103 Å². The van der Waals surface area contributed by atoms with Crippen LogP contribution in [0, 0.1) is 29.8 Å². The van der Waals surface area contributed by atoms with Crippen molar-refractivity contribution in [1.82, 2.24) is 0 Å². The van der Waals surface area contributed by atoms with Gasteiger partial charge in [0.25, 0.3) is 0 Å². The highest BCUT2D eigenvalue weighted by atomic mass is 127. The van der Waals surface area contributed by atoms with Crippen molar-refractivity contribution < 1.29 is 4.74 Å². The Balaban J connectivity index is 1.61. The van der Waals surface area contributed by atoms with Gasteiger partial charge >= 0.3 is 0 Å². The second-order valence-electron chi connectivity index (χ2n) is 7.10. The summed E-state index contributed by atoms with van der Waals surface area (Å²) in [5.74, 6) is 0.835. The molecule has 0 radical (unpaired) electrons. The number of ether oxygens (including phenoxy) is 1. The fraction of sp³-hybridized carbons (Fsp3) is 0.0370. The second kappa shape index (κ2) is 10.2. The molecule has 0 spiro atoms. The smallest absolute Gasteiger partial charge is 0.146 e. The quantitative estimate of drug-likeness (QED) is 0.129. The zero-order chi connectivity index (χ0) is 22.5. The van der Waals surface area contributed by atoms with Crippen LogP contribution >= 0.6 is 45.2 Å². The van der Waals surface area contributed by atoms with E-state index in [1.54, 1.807) is 18.2 Å². The molecule has 4 aromatic carbocycles. The van der Waals surface area contributed by atoms with Crippen LogP contribution in [-0.4, -0.2) is 0 Å². The topological polar surface area (TPSA) is 56.8 Å². The van der Waals surface area contributed by atoms with E-state index in [0.29, 0.717) is 17.7 Å². The molecular weight excluding hydrogens is 622 g/mol. The van der Waals surface area contributed by atoms with E-state index in [4.69, 9.17) is 10.00 Å². The predicted molar refractivity (Wildman–Crippen MR) is 145 cm³/mol. The molecule has 5 heteroatoms. The predicted octanol–water partition coefficient (Wildman–Crippen LogP) is 7.56. The van der Waals surface area contributed by atoms with Gasteiger partial charge in [0.05, 0.1) is 30.4 Å². The Hall–Kier alpha value is -2.88. The van der Waals surface area contributed by atoms with E-state index in [1.165, 1.54) is 10.8 Å². The third kappa shape index (κ3) is 4.95. The Morgan fingerprint density at radius 2 is 1.59 bits per heavy atom. The van der Waals surface area contributed by atoms with E-state index in [0.717, 1.165) is 29.6 Å². The van der Waals surface area contributed by atoms with Gasteiger partial charge in [0, 0.05) is 0 Å². The highest BCUT2D eigenvalue weighted by Gasteiger charge is 2.11. The van der Waals surface area contributed by atoms with Crippen molar-refractivity contribution >= 4 is 67.6 Å². The summed E-state index contributed by atoms with van der Waals surface area (Å²) in [5.41, 5.74) is 3.83. The number of halogens is 2. The lowest BCUT2D eigenvalue weighted by Gasteiger charge is -2.13. The van der Waals surface area contributed by atoms with Crippen molar-refractivity contribution in [3.8, 4) is 17.9 Å². The monoisotopic (exact) mass is 638 g/mol. The van der Waals surface area contributed by atoms with Crippen LogP contribution in [0.1, 0.15) is 22.3 Å². The summed E-state index contributed by atoms with van der Waals surface area (Å²) >= 11 is 4.54. The molecular formula is C27H16I2N2O. The number of nitrogens with zero attached hydrogens (tertiary/aromatic N) is 2. The van der Waals surface area contributed by atoms with Crippen molar-refractivity contribution in [2.24, 2.45) is 0 Å². The minimum Gasteiger partial charge on any atom is -0.487 e. The van der Waals surface area contributed by atoms with Gasteiger partial charge in [0.15, 0.2) is 0 Å². The Labute approximate surface area is 214 Å².